The highest BCUT2D eigenvalue weighted by Gasteiger charge is 2.04. The SMILES string of the molecule is CCCOCC(O)N(C)C. The lowest BCUT2D eigenvalue weighted by atomic mass is 10.5. The van der Waals surface area contributed by atoms with E-state index in [1.165, 1.54) is 0 Å². The number of nitrogens with zero attached hydrogens (tertiary/aromatic N) is 1. The summed E-state index contributed by atoms with van der Waals surface area (Å²) < 4.78 is 5.11. The van der Waals surface area contributed by atoms with Gasteiger partial charge in [-0.25, -0.2) is 0 Å². The quantitative estimate of drug-likeness (QED) is 0.448. The van der Waals surface area contributed by atoms with E-state index in [2.05, 4.69) is 0 Å². The molecule has 1 unspecified atom stereocenters. The average Bonchev–Trinajstić information content (AvgIpc) is 1.88. The lowest BCUT2D eigenvalue weighted by Gasteiger charge is -2.17. The van der Waals surface area contributed by atoms with E-state index in [1.807, 2.05) is 21.0 Å². The van der Waals surface area contributed by atoms with Crippen LogP contribution in [0.5, 0.6) is 0 Å². The lowest BCUT2D eigenvalue weighted by molar-refractivity contribution is -0.0362. The predicted molar refractivity (Wildman–Crippen MR) is 40.8 cm³/mol. The monoisotopic (exact) mass is 147 g/mol. The van der Waals surface area contributed by atoms with Crippen LogP contribution in [0.3, 0.4) is 0 Å². The van der Waals surface area contributed by atoms with Crippen molar-refractivity contribution < 1.29 is 9.84 Å². The van der Waals surface area contributed by atoms with Gasteiger partial charge in [0.25, 0.3) is 0 Å². The van der Waals surface area contributed by atoms with Gasteiger partial charge in [0.05, 0.1) is 6.61 Å². The van der Waals surface area contributed by atoms with E-state index >= 15 is 0 Å². The Hall–Kier alpha value is -0.120. The molecule has 0 aromatic rings. The Morgan fingerprint density at radius 2 is 2.10 bits per heavy atom. The van der Waals surface area contributed by atoms with Gasteiger partial charge in [0.1, 0.15) is 6.23 Å². The van der Waals surface area contributed by atoms with E-state index in [-0.39, 0.29) is 0 Å². The molecule has 0 rings (SSSR count). The molecule has 0 saturated carbocycles. The van der Waals surface area contributed by atoms with Crippen LogP contribution in [0.15, 0.2) is 0 Å². The van der Waals surface area contributed by atoms with E-state index in [4.69, 9.17) is 9.84 Å². The Morgan fingerprint density at radius 1 is 1.50 bits per heavy atom. The molecule has 0 radical (unpaired) electrons. The topological polar surface area (TPSA) is 32.7 Å². The van der Waals surface area contributed by atoms with Crippen molar-refractivity contribution in [1.29, 1.82) is 0 Å². The first-order valence-electron chi connectivity index (χ1n) is 3.60. The third-order valence-corrected chi connectivity index (χ3v) is 1.21. The van der Waals surface area contributed by atoms with Crippen LogP contribution in [-0.4, -0.2) is 43.5 Å². The highest BCUT2D eigenvalue weighted by Crippen LogP contribution is 1.89. The fourth-order valence-corrected chi connectivity index (χ4v) is 0.482. The number of hydrogen-bond donors (Lipinski definition) is 1. The zero-order valence-electron chi connectivity index (χ0n) is 7.00. The zero-order valence-corrected chi connectivity index (χ0v) is 7.00. The summed E-state index contributed by atoms with van der Waals surface area (Å²) in [4.78, 5) is 1.72. The Morgan fingerprint density at radius 3 is 2.50 bits per heavy atom. The molecule has 0 heterocycles. The van der Waals surface area contributed by atoms with E-state index in [9.17, 15) is 0 Å². The maximum absolute atomic E-state index is 9.15. The summed E-state index contributed by atoms with van der Waals surface area (Å²) in [7, 11) is 3.64. The van der Waals surface area contributed by atoms with Crippen molar-refractivity contribution >= 4 is 0 Å². The summed E-state index contributed by atoms with van der Waals surface area (Å²) >= 11 is 0. The number of hydrogen-bond acceptors (Lipinski definition) is 3. The van der Waals surface area contributed by atoms with Gasteiger partial charge in [0, 0.05) is 6.61 Å². The minimum atomic E-state index is -0.466. The molecule has 62 valence electrons. The smallest absolute Gasteiger partial charge is 0.130 e. The maximum Gasteiger partial charge on any atom is 0.130 e. The molecule has 0 fully saturated rings. The molecule has 0 saturated heterocycles. The summed E-state index contributed by atoms with van der Waals surface area (Å²) in [5, 5.41) is 9.15. The molecule has 0 aliphatic carbocycles. The number of ether oxygens (including phenoxy) is 1. The second-order valence-electron chi connectivity index (χ2n) is 2.52. The van der Waals surface area contributed by atoms with Gasteiger partial charge >= 0.3 is 0 Å². The van der Waals surface area contributed by atoms with Crippen molar-refractivity contribution in [1.82, 2.24) is 4.90 Å². The first kappa shape index (κ1) is 9.88. The van der Waals surface area contributed by atoms with Crippen LogP contribution in [0.4, 0.5) is 0 Å². The largest absolute Gasteiger partial charge is 0.377 e. The van der Waals surface area contributed by atoms with Gasteiger partial charge in [-0.05, 0) is 20.5 Å². The van der Waals surface area contributed by atoms with Crippen LogP contribution in [-0.2, 0) is 4.74 Å². The van der Waals surface area contributed by atoms with E-state index in [0.29, 0.717) is 6.61 Å². The standard InChI is InChI=1S/C7H17NO2/c1-4-5-10-6-7(9)8(2)3/h7,9H,4-6H2,1-3H3. The van der Waals surface area contributed by atoms with Crippen LogP contribution < -0.4 is 0 Å². The summed E-state index contributed by atoms with van der Waals surface area (Å²) in [6.07, 6.45) is 0.534. The van der Waals surface area contributed by atoms with Gasteiger partial charge in [-0.1, -0.05) is 6.92 Å². The molecule has 0 aromatic carbocycles. The third-order valence-electron chi connectivity index (χ3n) is 1.21. The molecule has 10 heavy (non-hydrogen) atoms. The fraction of sp³-hybridized carbons (Fsp3) is 1.00. The second-order valence-corrected chi connectivity index (χ2v) is 2.52. The molecule has 1 N–H and O–H groups in total. The van der Waals surface area contributed by atoms with E-state index in [1.54, 1.807) is 4.90 Å². The van der Waals surface area contributed by atoms with Gasteiger partial charge in [-0.15, -0.1) is 0 Å². The normalized spacial score (nSPS) is 14.1. The molecule has 0 aromatic heterocycles. The zero-order chi connectivity index (χ0) is 7.98. The van der Waals surface area contributed by atoms with Gasteiger partial charge in [-0.2, -0.15) is 0 Å². The van der Waals surface area contributed by atoms with E-state index in [0.717, 1.165) is 13.0 Å². The predicted octanol–water partition coefficient (Wildman–Crippen LogP) is 0.293. The van der Waals surface area contributed by atoms with Crippen molar-refractivity contribution in [2.24, 2.45) is 0 Å². The summed E-state index contributed by atoms with van der Waals surface area (Å²) in [5.74, 6) is 0. The molecule has 0 aliphatic rings. The highest BCUT2D eigenvalue weighted by molar-refractivity contribution is 4.47. The van der Waals surface area contributed by atoms with Crippen LogP contribution >= 0.6 is 0 Å². The van der Waals surface area contributed by atoms with Crippen molar-refractivity contribution in [2.75, 3.05) is 27.3 Å². The maximum atomic E-state index is 9.15. The second kappa shape index (κ2) is 5.65. The summed E-state index contributed by atoms with van der Waals surface area (Å²) in [5.41, 5.74) is 0. The minimum Gasteiger partial charge on any atom is -0.377 e. The fourth-order valence-electron chi connectivity index (χ4n) is 0.482. The Kier molecular flexibility index (Phi) is 5.58. The number of aliphatic hydroxyl groups excluding tert-OH is 1. The molecule has 0 bridgehead atoms. The molecular weight excluding hydrogens is 130 g/mol. The van der Waals surface area contributed by atoms with Gasteiger partial charge < -0.3 is 9.84 Å². The molecule has 0 aliphatic heterocycles. The summed E-state index contributed by atoms with van der Waals surface area (Å²) in [6.45, 7) is 3.17. The Bertz CT molecular complexity index is 76.0. The first-order chi connectivity index (χ1) is 4.68. The molecule has 3 heteroatoms. The van der Waals surface area contributed by atoms with Crippen LogP contribution in [0.25, 0.3) is 0 Å². The average molecular weight is 147 g/mol. The van der Waals surface area contributed by atoms with Crippen molar-refractivity contribution in [3.63, 3.8) is 0 Å². The Labute approximate surface area is 62.6 Å². The van der Waals surface area contributed by atoms with Crippen molar-refractivity contribution in [3.8, 4) is 0 Å². The molecule has 1 atom stereocenters. The first-order valence-corrected chi connectivity index (χ1v) is 3.60. The van der Waals surface area contributed by atoms with Gasteiger partial charge in [0.2, 0.25) is 0 Å². The van der Waals surface area contributed by atoms with Crippen LogP contribution in [0.2, 0.25) is 0 Å². The third kappa shape index (κ3) is 4.73. The van der Waals surface area contributed by atoms with Crippen LogP contribution in [0.1, 0.15) is 13.3 Å². The molecular formula is C7H17NO2. The van der Waals surface area contributed by atoms with Crippen molar-refractivity contribution in [3.05, 3.63) is 0 Å². The lowest BCUT2D eigenvalue weighted by Crippen LogP contribution is -2.32. The number of aliphatic hydroxyl groups is 1. The number of rotatable bonds is 5. The molecule has 0 amide bonds. The van der Waals surface area contributed by atoms with E-state index < -0.39 is 6.23 Å². The van der Waals surface area contributed by atoms with Crippen LogP contribution in [0, 0.1) is 0 Å². The highest BCUT2D eigenvalue weighted by atomic mass is 16.5. The number of likely N-dealkylation sites (N-methyl/N-ethyl adjacent to an activating group) is 1. The Balaban J connectivity index is 3.13. The minimum absolute atomic E-state index is 0.404. The van der Waals surface area contributed by atoms with Gasteiger partial charge in [-0.3, -0.25) is 4.90 Å². The molecule has 0 spiro atoms. The molecule has 3 nitrogen and oxygen atoms in total. The van der Waals surface area contributed by atoms with Gasteiger partial charge in [0.15, 0.2) is 0 Å². The summed E-state index contributed by atoms with van der Waals surface area (Å²) in [6, 6.07) is 0. The van der Waals surface area contributed by atoms with Crippen molar-refractivity contribution in [2.45, 2.75) is 19.6 Å².